The highest BCUT2D eigenvalue weighted by molar-refractivity contribution is 6.30. The number of hydrogen-bond acceptors (Lipinski definition) is 5. The first-order valence-corrected chi connectivity index (χ1v) is 8.41. The fourth-order valence-corrected chi connectivity index (χ4v) is 2.56. The number of carbonyl (C=O) groups excluding carboxylic acids is 1. The first kappa shape index (κ1) is 18.6. The van der Waals surface area contributed by atoms with E-state index in [0.717, 1.165) is 0 Å². The van der Waals surface area contributed by atoms with Gasteiger partial charge in [0.25, 0.3) is 5.91 Å². The number of nitrogens with zero attached hydrogens (tertiary/aromatic N) is 2. The summed E-state index contributed by atoms with van der Waals surface area (Å²) in [7, 11) is 3.05. The molecule has 3 rings (SSSR count). The third-order valence-corrected chi connectivity index (χ3v) is 3.94. The van der Waals surface area contributed by atoms with Crippen LogP contribution in [0.15, 0.2) is 54.9 Å². The number of carbonyl (C=O) groups is 1. The van der Waals surface area contributed by atoms with Crippen molar-refractivity contribution in [2.45, 2.75) is 6.73 Å². The lowest BCUT2D eigenvalue weighted by atomic mass is 10.1. The van der Waals surface area contributed by atoms with Crippen LogP contribution in [0, 0.1) is 0 Å². The van der Waals surface area contributed by atoms with Gasteiger partial charge in [-0.1, -0.05) is 17.7 Å². The van der Waals surface area contributed by atoms with Gasteiger partial charge in [-0.05, 0) is 30.3 Å². The van der Waals surface area contributed by atoms with Crippen LogP contribution in [0.3, 0.4) is 0 Å². The van der Waals surface area contributed by atoms with E-state index in [1.807, 2.05) is 0 Å². The zero-order valence-corrected chi connectivity index (χ0v) is 15.6. The second-order valence-corrected chi connectivity index (χ2v) is 5.96. The van der Waals surface area contributed by atoms with Gasteiger partial charge in [0.1, 0.15) is 17.2 Å². The molecule has 27 heavy (non-hydrogen) atoms. The van der Waals surface area contributed by atoms with Gasteiger partial charge in [0.05, 0.1) is 37.9 Å². The Kier molecular flexibility index (Phi) is 5.83. The Morgan fingerprint density at radius 2 is 2.00 bits per heavy atom. The molecule has 140 valence electrons. The number of amides is 1. The normalized spacial score (nSPS) is 10.3. The van der Waals surface area contributed by atoms with Crippen molar-refractivity contribution in [2.75, 3.05) is 19.5 Å². The van der Waals surface area contributed by atoms with Gasteiger partial charge in [-0.3, -0.25) is 4.79 Å². The Bertz CT molecular complexity index is 942. The van der Waals surface area contributed by atoms with E-state index < -0.39 is 0 Å². The predicted octanol–water partition coefficient (Wildman–Crippen LogP) is 3.84. The highest BCUT2D eigenvalue weighted by atomic mass is 35.5. The molecule has 0 aliphatic carbocycles. The minimum atomic E-state index is -0.315. The quantitative estimate of drug-likeness (QED) is 0.666. The monoisotopic (exact) mass is 387 g/mol. The molecule has 0 saturated carbocycles. The molecule has 0 aliphatic heterocycles. The van der Waals surface area contributed by atoms with Gasteiger partial charge in [-0.15, -0.1) is 0 Å². The number of methoxy groups -OCH3 is 2. The predicted molar refractivity (Wildman–Crippen MR) is 102 cm³/mol. The van der Waals surface area contributed by atoms with Crippen molar-refractivity contribution in [3.63, 3.8) is 0 Å². The minimum Gasteiger partial charge on any atom is -0.497 e. The van der Waals surface area contributed by atoms with Gasteiger partial charge in [-0.2, -0.15) is 5.10 Å². The summed E-state index contributed by atoms with van der Waals surface area (Å²) in [6.45, 7) is 0.183. The maximum atomic E-state index is 12.5. The van der Waals surface area contributed by atoms with Gasteiger partial charge >= 0.3 is 0 Å². The fourth-order valence-electron chi connectivity index (χ4n) is 2.38. The lowest BCUT2D eigenvalue weighted by molar-refractivity contribution is 0.102. The number of anilines is 1. The summed E-state index contributed by atoms with van der Waals surface area (Å²) < 4.78 is 17.6. The molecular weight excluding hydrogens is 370 g/mol. The van der Waals surface area contributed by atoms with Crippen LogP contribution < -0.4 is 19.5 Å². The zero-order valence-electron chi connectivity index (χ0n) is 14.8. The van der Waals surface area contributed by atoms with E-state index in [-0.39, 0.29) is 12.6 Å². The zero-order chi connectivity index (χ0) is 19.2. The summed E-state index contributed by atoms with van der Waals surface area (Å²) in [4.78, 5) is 12.5. The molecule has 0 spiro atoms. The van der Waals surface area contributed by atoms with E-state index in [1.165, 1.54) is 13.3 Å². The van der Waals surface area contributed by atoms with Crippen molar-refractivity contribution in [2.24, 2.45) is 0 Å². The number of benzene rings is 2. The maximum Gasteiger partial charge on any atom is 0.259 e. The van der Waals surface area contributed by atoms with E-state index in [2.05, 4.69) is 10.4 Å². The van der Waals surface area contributed by atoms with Crippen LogP contribution in [0.1, 0.15) is 10.4 Å². The molecule has 0 radical (unpaired) electrons. The molecule has 1 N–H and O–H groups in total. The summed E-state index contributed by atoms with van der Waals surface area (Å²) in [5.74, 6) is 1.34. The largest absolute Gasteiger partial charge is 0.497 e. The van der Waals surface area contributed by atoms with E-state index in [9.17, 15) is 4.79 Å². The molecule has 7 nitrogen and oxygen atoms in total. The van der Waals surface area contributed by atoms with Gasteiger partial charge in [0.15, 0.2) is 6.73 Å². The van der Waals surface area contributed by atoms with Crippen molar-refractivity contribution < 1.29 is 19.0 Å². The van der Waals surface area contributed by atoms with Crippen molar-refractivity contribution in [1.29, 1.82) is 0 Å². The molecule has 2 aromatic carbocycles. The summed E-state index contributed by atoms with van der Waals surface area (Å²) in [6.07, 6.45) is 3.20. The molecular formula is C19H18ClN3O4. The molecule has 0 aliphatic rings. The van der Waals surface area contributed by atoms with E-state index in [0.29, 0.717) is 33.5 Å². The Labute approximate surface area is 161 Å². The van der Waals surface area contributed by atoms with Crippen LogP contribution in [0.4, 0.5) is 5.69 Å². The second kappa shape index (κ2) is 8.46. The molecule has 8 heteroatoms. The van der Waals surface area contributed by atoms with Crippen LogP contribution >= 0.6 is 11.6 Å². The molecule has 0 bridgehead atoms. The Hall–Kier alpha value is -3.19. The first-order valence-electron chi connectivity index (χ1n) is 8.03. The minimum absolute atomic E-state index is 0.183. The maximum absolute atomic E-state index is 12.5. The SMILES string of the molecule is COc1ccc(C(=O)Nc2cnn(COc3cccc(Cl)c3)c2)c(OC)c1. The second-order valence-electron chi connectivity index (χ2n) is 5.52. The van der Waals surface area contributed by atoms with E-state index in [4.69, 9.17) is 25.8 Å². The first-order chi connectivity index (χ1) is 13.1. The molecule has 0 atom stereocenters. The van der Waals surface area contributed by atoms with Gasteiger partial charge in [-0.25, -0.2) is 4.68 Å². The molecule has 0 saturated heterocycles. The number of rotatable bonds is 7. The van der Waals surface area contributed by atoms with Crippen LogP contribution in [-0.4, -0.2) is 29.9 Å². The summed E-state index contributed by atoms with van der Waals surface area (Å²) in [5.41, 5.74) is 0.925. The molecule has 1 heterocycles. The summed E-state index contributed by atoms with van der Waals surface area (Å²) in [5, 5.41) is 7.53. The average molecular weight is 388 g/mol. The lowest BCUT2D eigenvalue weighted by Crippen LogP contribution is -2.13. The van der Waals surface area contributed by atoms with E-state index in [1.54, 1.807) is 60.5 Å². The number of halogens is 1. The van der Waals surface area contributed by atoms with Crippen molar-refractivity contribution in [1.82, 2.24) is 9.78 Å². The smallest absolute Gasteiger partial charge is 0.259 e. The van der Waals surface area contributed by atoms with Gasteiger partial charge in [0, 0.05) is 11.1 Å². The Morgan fingerprint density at radius 1 is 1.15 bits per heavy atom. The Balaban J connectivity index is 1.64. The highest BCUT2D eigenvalue weighted by Gasteiger charge is 2.14. The number of aromatic nitrogens is 2. The summed E-state index contributed by atoms with van der Waals surface area (Å²) >= 11 is 5.92. The summed E-state index contributed by atoms with van der Waals surface area (Å²) in [6, 6.07) is 12.1. The molecule has 0 unspecified atom stereocenters. The van der Waals surface area contributed by atoms with E-state index >= 15 is 0 Å². The molecule has 1 amide bonds. The van der Waals surface area contributed by atoms with Gasteiger partial charge < -0.3 is 19.5 Å². The third kappa shape index (κ3) is 4.71. The van der Waals surface area contributed by atoms with Crippen molar-refractivity contribution in [3.05, 3.63) is 65.4 Å². The van der Waals surface area contributed by atoms with Gasteiger partial charge in [0.2, 0.25) is 0 Å². The van der Waals surface area contributed by atoms with Crippen molar-refractivity contribution >= 4 is 23.2 Å². The number of ether oxygens (including phenoxy) is 3. The van der Waals surface area contributed by atoms with Crippen LogP contribution in [0.25, 0.3) is 0 Å². The Morgan fingerprint density at radius 3 is 2.74 bits per heavy atom. The number of nitrogens with one attached hydrogen (secondary N) is 1. The van der Waals surface area contributed by atoms with Crippen LogP contribution in [0.5, 0.6) is 17.2 Å². The van der Waals surface area contributed by atoms with Crippen LogP contribution in [0.2, 0.25) is 5.02 Å². The van der Waals surface area contributed by atoms with Crippen molar-refractivity contribution in [3.8, 4) is 17.2 Å². The molecule has 0 fully saturated rings. The topological polar surface area (TPSA) is 74.6 Å². The number of hydrogen-bond donors (Lipinski definition) is 1. The third-order valence-electron chi connectivity index (χ3n) is 3.70. The highest BCUT2D eigenvalue weighted by Crippen LogP contribution is 2.25. The molecule has 1 aromatic heterocycles. The fraction of sp³-hybridized carbons (Fsp3) is 0.158. The lowest BCUT2D eigenvalue weighted by Gasteiger charge is -2.10. The van der Waals surface area contributed by atoms with Crippen LogP contribution in [-0.2, 0) is 6.73 Å². The molecule has 3 aromatic rings. The standard InChI is InChI=1S/C19H18ClN3O4/c1-25-15-6-7-17(18(9-15)26-2)19(24)22-14-10-21-23(11-14)12-27-16-5-3-4-13(20)8-16/h3-11H,12H2,1-2H3,(H,22,24). The average Bonchev–Trinajstić information content (AvgIpc) is 3.13.